The summed E-state index contributed by atoms with van der Waals surface area (Å²) in [6.07, 6.45) is -0.900. The Morgan fingerprint density at radius 2 is 1.00 bits per heavy atom. The molecule has 0 rings (SSSR count). The summed E-state index contributed by atoms with van der Waals surface area (Å²) in [4.78, 5) is 40.1. The fourth-order valence-electron chi connectivity index (χ4n) is 0.759. The van der Waals surface area contributed by atoms with E-state index in [9.17, 15) is 19.2 Å². The molecule has 0 fully saturated rings. The van der Waals surface area contributed by atoms with Gasteiger partial charge in [0.15, 0.2) is 0 Å². The van der Waals surface area contributed by atoms with E-state index in [1.165, 1.54) is 0 Å². The molecule has 144 valence electrons. The van der Waals surface area contributed by atoms with Crippen molar-refractivity contribution in [2.75, 3.05) is 0 Å². The van der Waals surface area contributed by atoms with Crippen LogP contribution in [0.1, 0.15) is 48.0 Å². The molecule has 0 aromatic carbocycles. The van der Waals surface area contributed by atoms with Crippen molar-refractivity contribution in [3.8, 4) is 0 Å². The van der Waals surface area contributed by atoms with Gasteiger partial charge in [-0.25, -0.2) is 9.59 Å². The van der Waals surface area contributed by atoms with Gasteiger partial charge in [0.1, 0.15) is 6.42 Å². The Morgan fingerprint density at radius 1 is 0.760 bits per heavy atom. The van der Waals surface area contributed by atoms with Gasteiger partial charge in [-0.1, -0.05) is 13.2 Å². The number of carboxylic acids is 2. The largest absolute Gasteiger partial charge is 0.481 e. The first-order valence-electron chi connectivity index (χ1n) is 7.37. The van der Waals surface area contributed by atoms with Crippen LogP contribution in [0.15, 0.2) is 24.3 Å². The predicted octanol–water partition coefficient (Wildman–Crippen LogP) is 2.57. The first-order valence-corrected chi connectivity index (χ1v) is 7.37. The minimum absolute atomic E-state index is 0.0470. The minimum Gasteiger partial charge on any atom is -0.481 e. The quantitative estimate of drug-likeness (QED) is 0.420. The van der Waals surface area contributed by atoms with Crippen molar-refractivity contribution < 1.29 is 38.9 Å². The van der Waals surface area contributed by atoms with E-state index < -0.39 is 18.4 Å². The molecule has 0 aromatic rings. The Labute approximate surface area is 148 Å². The number of carbonyl (C=O) groups excluding carboxylic acids is 2. The number of hydrogen-bond acceptors (Lipinski definition) is 6. The Hall–Kier alpha value is -2.64. The number of rotatable bonds is 6. The number of ether oxygens (including phenoxy) is 2. The molecule has 0 aliphatic heterocycles. The fraction of sp³-hybridized carbons (Fsp3) is 0.529. The molecule has 0 heterocycles. The van der Waals surface area contributed by atoms with Crippen LogP contribution in [0.2, 0.25) is 0 Å². The molecule has 0 spiro atoms. The summed E-state index contributed by atoms with van der Waals surface area (Å²) in [6.45, 7) is 17.4. The van der Waals surface area contributed by atoms with Gasteiger partial charge in [0.25, 0.3) is 0 Å². The van der Waals surface area contributed by atoms with Crippen LogP contribution in [0, 0.1) is 0 Å². The van der Waals surface area contributed by atoms with Crippen molar-refractivity contribution in [3.63, 3.8) is 0 Å². The van der Waals surface area contributed by atoms with Crippen LogP contribution in [0.25, 0.3) is 0 Å². The van der Waals surface area contributed by atoms with E-state index in [1.807, 2.05) is 0 Å². The maximum atomic E-state index is 10.6. The molecule has 0 aliphatic rings. The number of hydrogen-bond donors (Lipinski definition) is 2. The Morgan fingerprint density at radius 3 is 1.04 bits per heavy atom. The normalized spacial score (nSPS) is 8.96. The van der Waals surface area contributed by atoms with Crippen molar-refractivity contribution in [3.05, 3.63) is 24.3 Å². The average Bonchev–Trinajstić information content (AvgIpc) is 2.36. The van der Waals surface area contributed by atoms with Crippen molar-refractivity contribution in [2.24, 2.45) is 0 Å². The third-order valence-electron chi connectivity index (χ3n) is 1.68. The highest BCUT2D eigenvalue weighted by Gasteiger charge is 2.04. The van der Waals surface area contributed by atoms with Crippen molar-refractivity contribution in [2.45, 2.75) is 60.2 Å². The summed E-state index contributed by atoms with van der Waals surface area (Å²) in [6, 6.07) is 0. The minimum atomic E-state index is -1.31. The molecule has 0 unspecified atom stereocenters. The highest BCUT2D eigenvalue weighted by Crippen LogP contribution is 1.96. The summed E-state index contributed by atoms with van der Waals surface area (Å²) in [5.41, 5.74) is 0.896. The maximum Gasteiger partial charge on any atom is 0.333 e. The lowest BCUT2D eigenvalue weighted by atomic mass is 10.3. The summed E-state index contributed by atoms with van der Waals surface area (Å²) in [7, 11) is 0. The second-order valence-electron chi connectivity index (χ2n) is 5.43. The zero-order valence-corrected chi connectivity index (χ0v) is 15.6. The summed E-state index contributed by atoms with van der Waals surface area (Å²) >= 11 is 0. The zero-order valence-electron chi connectivity index (χ0n) is 15.6. The molecule has 0 bridgehead atoms. The fourth-order valence-corrected chi connectivity index (χ4v) is 0.759. The topological polar surface area (TPSA) is 127 Å². The van der Waals surface area contributed by atoms with Gasteiger partial charge in [-0.05, 0) is 41.5 Å². The van der Waals surface area contributed by atoms with E-state index in [4.69, 9.17) is 19.7 Å². The molecule has 0 aliphatic carbocycles. The van der Waals surface area contributed by atoms with Gasteiger partial charge in [0, 0.05) is 11.1 Å². The Balaban J connectivity index is -0.000000293. The molecule has 8 heteroatoms. The molecule has 25 heavy (non-hydrogen) atoms. The molecule has 8 nitrogen and oxygen atoms in total. The van der Waals surface area contributed by atoms with Crippen LogP contribution in [0.5, 0.6) is 0 Å². The predicted molar refractivity (Wildman–Crippen MR) is 92.0 cm³/mol. The summed E-state index contributed by atoms with van der Waals surface area (Å²) in [5.74, 6) is -3.25. The number of carboxylic acid groups (broad SMARTS) is 2. The lowest BCUT2D eigenvalue weighted by molar-refractivity contribution is -0.147. The third kappa shape index (κ3) is 26.6. The van der Waals surface area contributed by atoms with Crippen LogP contribution in [-0.2, 0) is 28.7 Å². The van der Waals surface area contributed by atoms with Crippen LogP contribution >= 0.6 is 0 Å². The molecule has 0 amide bonds. The Bertz CT molecular complexity index is 445. The van der Waals surface area contributed by atoms with E-state index >= 15 is 0 Å². The van der Waals surface area contributed by atoms with Crippen LogP contribution < -0.4 is 0 Å². The molecular formula is C17H28O8. The van der Waals surface area contributed by atoms with E-state index in [1.54, 1.807) is 41.5 Å². The lowest BCUT2D eigenvalue weighted by Crippen LogP contribution is -2.11. The highest BCUT2D eigenvalue weighted by atomic mass is 16.5. The van der Waals surface area contributed by atoms with E-state index in [-0.39, 0.29) is 24.1 Å². The molecule has 2 N–H and O–H groups in total. The summed E-state index contributed by atoms with van der Waals surface area (Å²) in [5, 5.41) is 15.4. The van der Waals surface area contributed by atoms with Crippen molar-refractivity contribution >= 4 is 23.9 Å². The van der Waals surface area contributed by atoms with Crippen molar-refractivity contribution in [1.29, 1.82) is 0 Å². The molecule has 0 aromatic heterocycles. The van der Waals surface area contributed by atoms with Gasteiger partial charge in [-0.3, -0.25) is 9.59 Å². The van der Waals surface area contributed by atoms with E-state index in [2.05, 4.69) is 13.2 Å². The SMILES string of the molecule is C=C(C)C(=O)OC(C)C.C=C(C)C(=O)OC(C)C.O=C(O)CC(=O)O. The number of carbonyl (C=O) groups is 4. The Kier molecular flexibility index (Phi) is 16.2. The van der Waals surface area contributed by atoms with Gasteiger partial charge >= 0.3 is 23.9 Å². The van der Waals surface area contributed by atoms with Crippen molar-refractivity contribution in [1.82, 2.24) is 0 Å². The number of aliphatic carboxylic acids is 2. The first-order chi connectivity index (χ1) is 11.2. The highest BCUT2D eigenvalue weighted by molar-refractivity contribution is 5.89. The second kappa shape index (κ2) is 14.9. The maximum absolute atomic E-state index is 10.6. The van der Waals surface area contributed by atoms with Crippen LogP contribution in [0.3, 0.4) is 0 Å². The van der Waals surface area contributed by atoms with Gasteiger partial charge in [0.05, 0.1) is 12.2 Å². The van der Waals surface area contributed by atoms with Crippen LogP contribution in [-0.4, -0.2) is 46.3 Å². The van der Waals surface area contributed by atoms with Gasteiger partial charge in [-0.15, -0.1) is 0 Å². The molecule has 0 saturated heterocycles. The van der Waals surface area contributed by atoms with Gasteiger partial charge in [-0.2, -0.15) is 0 Å². The van der Waals surface area contributed by atoms with E-state index in [0.717, 1.165) is 0 Å². The molecule has 0 radical (unpaired) electrons. The molecule has 0 saturated carbocycles. The molecule has 0 atom stereocenters. The molecular weight excluding hydrogens is 332 g/mol. The summed E-state index contributed by atoms with van der Waals surface area (Å²) < 4.78 is 9.55. The van der Waals surface area contributed by atoms with E-state index in [0.29, 0.717) is 11.1 Å². The monoisotopic (exact) mass is 360 g/mol. The second-order valence-corrected chi connectivity index (χ2v) is 5.43. The van der Waals surface area contributed by atoms with Crippen LogP contribution in [0.4, 0.5) is 0 Å². The standard InChI is InChI=1S/2C7H12O2.C3H4O4/c2*1-5(2)7(8)9-6(3)4;4-2(5)1-3(6)7/h2*6H,1H2,2-4H3;1H2,(H,4,5)(H,6,7). The third-order valence-corrected chi connectivity index (χ3v) is 1.68. The average molecular weight is 360 g/mol. The van der Waals surface area contributed by atoms with Gasteiger partial charge < -0.3 is 19.7 Å². The zero-order chi connectivity index (χ0) is 20.7. The smallest absolute Gasteiger partial charge is 0.333 e. The first kappa shape index (κ1) is 27.2. The lowest BCUT2D eigenvalue weighted by Gasteiger charge is -2.05. The number of esters is 2. The van der Waals surface area contributed by atoms with Gasteiger partial charge in [0.2, 0.25) is 0 Å².